The summed E-state index contributed by atoms with van der Waals surface area (Å²) in [7, 11) is 0. The van der Waals surface area contributed by atoms with Crippen LogP contribution in [0.2, 0.25) is 5.02 Å². The molecule has 1 atom stereocenters. The first-order valence-corrected chi connectivity index (χ1v) is 13.3. The van der Waals surface area contributed by atoms with E-state index in [4.69, 9.17) is 16.3 Å². The third-order valence-corrected chi connectivity index (χ3v) is 7.74. The van der Waals surface area contributed by atoms with Gasteiger partial charge in [0.1, 0.15) is 5.75 Å². The number of allylic oxidation sites excluding steroid dienone is 1. The Hall–Kier alpha value is -2.74. The molecular formula is C30H33ClN2O4. The Morgan fingerprint density at radius 3 is 2.62 bits per heavy atom. The lowest BCUT2D eigenvalue weighted by Crippen LogP contribution is -2.42. The number of aliphatic hydroxyl groups excluding tert-OH is 2. The van der Waals surface area contributed by atoms with Crippen molar-refractivity contribution in [1.82, 2.24) is 9.88 Å². The molecular weight excluding hydrogens is 488 g/mol. The Morgan fingerprint density at radius 2 is 1.86 bits per heavy atom. The lowest BCUT2D eigenvalue weighted by molar-refractivity contribution is -0.0254. The van der Waals surface area contributed by atoms with E-state index in [0.29, 0.717) is 36.6 Å². The minimum absolute atomic E-state index is 0.280. The number of nitrogens with zero attached hydrogens (tertiary/aromatic N) is 2. The first-order chi connectivity index (χ1) is 17.9. The normalized spacial score (nSPS) is 19.0. The molecule has 5 rings (SSSR count). The van der Waals surface area contributed by atoms with Gasteiger partial charge in [-0.3, -0.25) is 0 Å². The second kappa shape index (κ2) is 11.3. The van der Waals surface area contributed by atoms with Crippen LogP contribution in [-0.4, -0.2) is 57.5 Å². The van der Waals surface area contributed by atoms with E-state index < -0.39 is 11.7 Å². The monoisotopic (exact) mass is 520 g/mol. The van der Waals surface area contributed by atoms with Crippen molar-refractivity contribution in [3.63, 3.8) is 0 Å². The average Bonchev–Trinajstić information content (AvgIpc) is 3.07. The molecule has 0 saturated carbocycles. The van der Waals surface area contributed by atoms with E-state index >= 15 is 0 Å². The molecule has 6 nitrogen and oxygen atoms in total. The van der Waals surface area contributed by atoms with E-state index in [9.17, 15) is 15.3 Å². The zero-order valence-corrected chi connectivity index (χ0v) is 21.6. The zero-order chi connectivity index (χ0) is 25.8. The number of pyridine rings is 1. The largest absolute Gasteiger partial charge is 0.438 e. The first kappa shape index (κ1) is 25.9. The van der Waals surface area contributed by atoms with Crippen LogP contribution in [0, 0.1) is 0 Å². The van der Waals surface area contributed by atoms with Gasteiger partial charge in [-0.05, 0) is 66.3 Å². The van der Waals surface area contributed by atoms with Crippen molar-refractivity contribution in [2.45, 2.75) is 43.8 Å². The highest BCUT2D eigenvalue weighted by Gasteiger charge is 2.33. The van der Waals surface area contributed by atoms with Crippen molar-refractivity contribution < 1.29 is 20.1 Å². The molecule has 0 aliphatic carbocycles. The number of halogens is 1. The second-order valence-electron chi connectivity index (χ2n) is 9.97. The number of ether oxygens (including phenoxy) is 1. The third-order valence-electron chi connectivity index (χ3n) is 7.49. The van der Waals surface area contributed by atoms with Crippen LogP contribution >= 0.6 is 11.6 Å². The predicted molar refractivity (Wildman–Crippen MR) is 145 cm³/mol. The molecule has 2 aliphatic rings. The van der Waals surface area contributed by atoms with Crippen LogP contribution in [0.3, 0.4) is 0 Å². The van der Waals surface area contributed by atoms with Gasteiger partial charge in [-0.2, -0.15) is 0 Å². The second-order valence-corrected chi connectivity index (χ2v) is 10.4. The van der Waals surface area contributed by atoms with Gasteiger partial charge in [0, 0.05) is 54.8 Å². The molecule has 3 N–H and O–H groups in total. The maximum atomic E-state index is 11.2. The third kappa shape index (κ3) is 5.89. The van der Waals surface area contributed by atoms with E-state index in [2.05, 4.69) is 16.0 Å². The standard InChI is InChI=1S/C30H33ClN2O4/c31-24-10-8-23(9-11-24)30(36)12-16-33(17-13-30)15-3-5-22-19-27-21(18-25(35)20-34)4-1-7-28(27)37-29-26(22)6-2-14-32-29/h1-2,4-11,14,25,34-36H,3,12-13,15-20H2. The van der Waals surface area contributed by atoms with E-state index in [0.717, 1.165) is 59.6 Å². The summed E-state index contributed by atoms with van der Waals surface area (Å²) >= 11 is 6.02. The predicted octanol–water partition coefficient (Wildman–Crippen LogP) is 4.74. The smallest absolute Gasteiger partial charge is 0.226 e. The van der Waals surface area contributed by atoms with Crippen molar-refractivity contribution >= 4 is 17.2 Å². The molecule has 0 amide bonds. The quantitative estimate of drug-likeness (QED) is 0.417. The maximum Gasteiger partial charge on any atom is 0.226 e. The summed E-state index contributed by atoms with van der Waals surface area (Å²) in [5.74, 6) is 1.32. The topological polar surface area (TPSA) is 86.1 Å². The highest BCUT2D eigenvalue weighted by molar-refractivity contribution is 6.30. The molecule has 1 aromatic heterocycles. The summed E-state index contributed by atoms with van der Waals surface area (Å²) in [6, 6.07) is 17.3. The minimum Gasteiger partial charge on any atom is -0.438 e. The van der Waals surface area contributed by atoms with E-state index in [1.165, 1.54) is 0 Å². The van der Waals surface area contributed by atoms with Gasteiger partial charge < -0.3 is 25.0 Å². The lowest BCUT2D eigenvalue weighted by atomic mass is 9.84. The summed E-state index contributed by atoms with van der Waals surface area (Å²) in [5.41, 5.74) is 4.23. The molecule has 2 aromatic carbocycles. The summed E-state index contributed by atoms with van der Waals surface area (Å²) in [4.78, 5) is 6.88. The Kier molecular flexibility index (Phi) is 7.93. The van der Waals surface area contributed by atoms with Crippen molar-refractivity contribution in [1.29, 1.82) is 0 Å². The number of benzene rings is 2. The average molecular weight is 521 g/mol. The molecule has 0 spiro atoms. The van der Waals surface area contributed by atoms with Crippen molar-refractivity contribution in [2.24, 2.45) is 0 Å². The Bertz CT molecular complexity index is 1250. The Labute approximate surface area is 222 Å². The molecule has 3 heterocycles. The number of aliphatic hydroxyl groups is 3. The number of fused-ring (bicyclic) bond motifs is 2. The van der Waals surface area contributed by atoms with Crippen LogP contribution in [0.5, 0.6) is 11.6 Å². The molecule has 7 heteroatoms. The SMILES string of the molecule is OCC(O)Cc1cccc2c1CC(=CCCN1CCC(O)(c3ccc(Cl)cc3)CC1)c1cccnc1O2. The molecule has 1 fully saturated rings. The Morgan fingerprint density at radius 1 is 1.08 bits per heavy atom. The summed E-state index contributed by atoms with van der Waals surface area (Å²) < 4.78 is 6.21. The molecule has 2 aliphatic heterocycles. The number of hydrogen-bond acceptors (Lipinski definition) is 6. The molecule has 194 valence electrons. The summed E-state index contributed by atoms with van der Waals surface area (Å²) in [5, 5.41) is 31.3. The minimum atomic E-state index is -0.812. The first-order valence-electron chi connectivity index (χ1n) is 12.9. The fourth-order valence-corrected chi connectivity index (χ4v) is 5.45. The maximum absolute atomic E-state index is 11.2. The van der Waals surface area contributed by atoms with Gasteiger partial charge in [-0.25, -0.2) is 4.98 Å². The Balaban J connectivity index is 1.29. The lowest BCUT2D eigenvalue weighted by Gasteiger charge is -2.38. The summed E-state index contributed by atoms with van der Waals surface area (Å²) in [6.07, 6.45) is 6.46. The van der Waals surface area contributed by atoms with Crippen LogP contribution in [0.4, 0.5) is 0 Å². The van der Waals surface area contributed by atoms with E-state index in [-0.39, 0.29) is 6.61 Å². The highest BCUT2D eigenvalue weighted by atomic mass is 35.5. The van der Waals surface area contributed by atoms with Gasteiger partial charge in [0.15, 0.2) is 0 Å². The number of likely N-dealkylation sites (tertiary alicyclic amines) is 1. The van der Waals surface area contributed by atoms with Gasteiger partial charge in [0.05, 0.1) is 18.3 Å². The molecule has 1 saturated heterocycles. The van der Waals surface area contributed by atoms with Gasteiger partial charge in [0.2, 0.25) is 5.88 Å². The number of piperidine rings is 1. The fraction of sp³-hybridized carbons (Fsp3) is 0.367. The van der Waals surface area contributed by atoms with Crippen molar-refractivity contribution in [3.05, 3.63) is 94.1 Å². The van der Waals surface area contributed by atoms with Gasteiger partial charge >= 0.3 is 0 Å². The van der Waals surface area contributed by atoms with Gasteiger partial charge in [-0.1, -0.05) is 41.9 Å². The van der Waals surface area contributed by atoms with Crippen LogP contribution in [-0.2, 0) is 18.4 Å². The number of rotatable bonds is 7. The van der Waals surface area contributed by atoms with E-state index in [1.807, 2.05) is 54.6 Å². The van der Waals surface area contributed by atoms with Crippen LogP contribution in [0.15, 0.2) is 66.9 Å². The van der Waals surface area contributed by atoms with E-state index in [1.54, 1.807) is 6.20 Å². The van der Waals surface area contributed by atoms with Gasteiger partial charge in [-0.15, -0.1) is 0 Å². The van der Waals surface area contributed by atoms with Crippen molar-refractivity contribution in [3.8, 4) is 11.6 Å². The van der Waals surface area contributed by atoms with Crippen molar-refractivity contribution in [2.75, 3.05) is 26.2 Å². The fourth-order valence-electron chi connectivity index (χ4n) is 5.32. The molecule has 0 bridgehead atoms. The number of hydrogen-bond donors (Lipinski definition) is 3. The zero-order valence-electron chi connectivity index (χ0n) is 20.8. The highest BCUT2D eigenvalue weighted by Crippen LogP contribution is 2.39. The molecule has 3 aromatic rings. The van der Waals surface area contributed by atoms with Crippen LogP contribution < -0.4 is 4.74 Å². The van der Waals surface area contributed by atoms with Gasteiger partial charge in [0.25, 0.3) is 0 Å². The molecule has 1 unspecified atom stereocenters. The summed E-state index contributed by atoms with van der Waals surface area (Å²) in [6.45, 7) is 2.28. The molecule has 0 radical (unpaired) electrons. The van der Waals surface area contributed by atoms with Crippen LogP contribution in [0.25, 0.3) is 5.57 Å². The van der Waals surface area contributed by atoms with Crippen LogP contribution in [0.1, 0.15) is 41.5 Å². The molecule has 37 heavy (non-hydrogen) atoms. The number of aromatic nitrogens is 1.